The molecule has 0 saturated carbocycles. The van der Waals surface area contributed by atoms with E-state index in [9.17, 15) is 4.79 Å². The van der Waals surface area contributed by atoms with Crippen molar-refractivity contribution in [3.63, 3.8) is 0 Å². The van der Waals surface area contributed by atoms with Crippen LogP contribution in [0.5, 0.6) is 0 Å². The third kappa shape index (κ3) is 4.16. The topological polar surface area (TPSA) is 58.1 Å². The monoisotopic (exact) mass is 248 g/mol. The molecule has 0 bridgehead atoms. The van der Waals surface area contributed by atoms with Crippen LogP contribution in [0.15, 0.2) is 18.3 Å². The minimum absolute atomic E-state index is 0.0514. The Hall–Kier alpha value is -1.91. The van der Waals surface area contributed by atoms with Gasteiger partial charge in [-0.05, 0) is 32.4 Å². The van der Waals surface area contributed by atoms with E-state index in [-0.39, 0.29) is 11.9 Å². The summed E-state index contributed by atoms with van der Waals surface area (Å²) >= 11 is 0. The van der Waals surface area contributed by atoms with E-state index in [0.717, 1.165) is 11.3 Å². The summed E-state index contributed by atoms with van der Waals surface area (Å²) in [7, 11) is 3.44. The Morgan fingerprint density at radius 3 is 2.67 bits per heavy atom. The van der Waals surface area contributed by atoms with Gasteiger partial charge in [-0.25, -0.2) is 9.97 Å². The lowest BCUT2D eigenvalue weighted by Crippen LogP contribution is -2.19. The van der Waals surface area contributed by atoms with Crippen molar-refractivity contribution in [2.24, 2.45) is 0 Å². The minimum Gasteiger partial charge on any atom is -0.352 e. The maximum absolute atomic E-state index is 11.6. The zero-order valence-corrected chi connectivity index (χ0v) is 11.6. The van der Waals surface area contributed by atoms with Gasteiger partial charge in [0.05, 0.1) is 5.69 Å². The SMILES string of the molecule is CC(=CC(=O)N(C)C)c1ccnc(NC(C)C)n1. The molecule has 0 radical (unpaired) electrons. The first-order chi connectivity index (χ1) is 8.40. The van der Waals surface area contributed by atoms with Crippen LogP contribution in [0.4, 0.5) is 5.95 Å². The molecule has 0 aliphatic heterocycles. The molecule has 98 valence electrons. The highest BCUT2D eigenvalue weighted by atomic mass is 16.2. The van der Waals surface area contributed by atoms with Crippen molar-refractivity contribution in [2.45, 2.75) is 26.8 Å². The Bertz CT molecular complexity index is 452. The zero-order valence-electron chi connectivity index (χ0n) is 11.6. The van der Waals surface area contributed by atoms with Crippen LogP contribution in [0.2, 0.25) is 0 Å². The van der Waals surface area contributed by atoms with Crippen molar-refractivity contribution >= 4 is 17.4 Å². The van der Waals surface area contributed by atoms with Gasteiger partial charge in [-0.3, -0.25) is 4.79 Å². The van der Waals surface area contributed by atoms with Crippen LogP contribution in [0.25, 0.3) is 5.57 Å². The molecule has 1 rings (SSSR count). The number of allylic oxidation sites excluding steroid dienone is 1. The summed E-state index contributed by atoms with van der Waals surface area (Å²) in [5, 5.41) is 3.13. The summed E-state index contributed by atoms with van der Waals surface area (Å²) < 4.78 is 0. The summed E-state index contributed by atoms with van der Waals surface area (Å²) in [6.45, 7) is 5.91. The minimum atomic E-state index is -0.0514. The Morgan fingerprint density at radius 1 is 1.44 bits per heavy atom. The lowest BCUT2D eigenvalue weighted by Gasteiger charge is -2.10. The van der Waals surface area contributed by atoms with Gasteiger partial charge in [0.15, 0.2) is 0 Å². The molecule has 0 aliphatic carbocycles. The largest absolute Gasteiger partial charge is 0.352 e. The van der Waals surface area contributed by atoms with Gasteiger partial charge in [-0.2, -0.15) is 0 Å². The number of nitrogens with zero attached hydrogens (tertiary/aromatic N) is 3. The fraction of sp³-hybridized carbons (Fsp3) is 0.462. The first-order valence-corrected chi connectivity index (χ1v) is 5.89. The highest BCUT2D eigenvalue weighted by molar-refractivity contribution is 5.94. The van der Waals surface area contributed by atoms with Crippen molar-refractivity contribution in [3.05, 3.63) is 24.0 Å². The number of aromatic nitrogens is 2. The number of carbonyl (C=O) groups excluding carboxylic acids is 1. The third-order valence-corrected chi connectivity index (χ3v) is 2.26. The summed E-state index contributed by atoms with van der Waals surface area (Å²) in [4.78, 5) is 21.6. The van der Waals surface area contributed by atoms with E-state index in [1.807, 2.05) is 20.8 Å². The third-order valence-electron chi connectivity index (χ3n) is 2.26. The van der Waals surface area contributed by atoms with Gasteiger partial charge in [0.2, 0.25) is 11.9 Å². The molecule has 0 saturated heterocycles. The van der Waals surface area contributed by atoms with Gasteiger partial charge in [-0.1, -0.05) is 0 Å². The number of amides is 1. The molecule has 18 heavy (non-hydrogen) atoms. The molecule has 0 aliphatic rings. The zero-order chi connectivity index (χ0) is 13.7. The fourth-order valence-corrected chi connectivity index (χ4v) is 1.29. The Kier molecular flexibility index (Phi) is 4.83. The molecule has 0 atom stereocenters. The molecular weight excluding hydrogens is 228 g/mol. The summed E-state index contributed by atoms with van der Waals surface area (Å²) in [6.07, 6.45) is 3.26. The van der Waals surface area contributed by atoms with Gasteiger partial charge in [-0.15, -0.1) is 0 Å². The molecule has 1 amide bonds. The number of likely N-dealkylation sites (N-methyl/N-ethyl adjacent to an activating group) is 1. The van der Waals surface area contributed by atoms with Crippen LogP contribution in [-0.2, 0) is 4.79 Å². The van der Waals surface area contributed by atoms with Crippen molar-refractivity contribution in [1.29, 1.82) is 0 Å². The van der Waals surface area contributed by atoms with Gasteiger partial charge in [0.25, 0.3) is 0 Å². The molecular formula is C13H20N4O. The second-order valence-electron chi connectivity index (χ2n) is 4.62. The molecule has 1 heterocycles. The van der Waals surface area contributed by atoms with Crippen LogP contribution < -0.4 is 5.32 Å². The number of nitrogens with one attached hydrogen (secondary N) is 1. The van der Waals surface area contributed by atoms with Crippen LogP contribution in [0, 0.1) is 0 Å². The summed E-state index contributed by atoms with van der Waals surface area (Å²) in [5.74, 6) is 0.525. The van der Waals surface area contributed by atoms with E-state index in [1.165, 1.54) is 4.90 Å². The summed E-state index contributed by atoms with van der Waals surface area (Å²) in [5.41, 5.74) is 1.58. The van der Waals surface area contributed by atoms with Crippen LogP contribution >= 0.6 is 0 Å². The molecule has 1 N–H and O–H groups in total. The quantitative estimate of drug-likeness (QED) is 0.825. The molecule has 0 fully saturated rings. The number of hydrogen-bond acceptors (Lipinski definition) is 4. The van der Waals surface area contributed by atoms with Crippen LogP contribution in [0.1, 0.15) is 26.5 Å². The molecule has 5 heteroatoms. The van der Waals surface area contributed by atoms with Crippen molar-refractivity contribution in [1.82, 2.24) is 14.9 Å². The predicted molar refractivity (Wildman–Crippen MR) is 73.1 cm³/mol. The second-order valence-corrected chi connectivity index (χ2v) is 4.62. The number of rotatable bonds is 4. The molecule has 0 aromatic carbocycles. The standard InChI is InChI=1S/C13H20N4O/c1-9(2)15-13-14-7-6-11(16-13)10(3)8-12(18)17(4)5/h6-9H,1-5H3,(H,14,15,16). The van der Waals surface area contributed by atoms with E-state index in [2.05, 4.69) is 15.3 Å². The number of hydrogen-bond donors (Lipinski definition) is 1. The summed E-state index contributed by atoms with van der Waals surface area (Å²) in [6, 6.07) is 2.06. The second kappa shape index (κ2) is 6.14. The van der Waals surface area contributed by atoms with Gasteiger partial charge >= 0.3 is 0 Å². The van der Waals surface area contributed by atoms with Crippen molar-refractivity contribution < 1.29 is 4.79 Å². The van der Waals surface area contributed by atoms with Gasteiger partial charge in [0.1, 0.15) is 0 Å². The lowest BCUT2D eigenvalue weighted by atomic mass is 10.2. The molecule has 5 nitrogen and oxygen atoms in total. The first kappa shape index (κ1) is 14.2. The highest BCUT2D eigenvalue weighted by Crippen LogP contribution is 2.12. The number of anilines is 1. The normalized spacial score (nSPS) is 11.6. The average molecular weight is 248 g/mol. The maximum atomic E-state index is 11.6. The van der Waals surface area contributed by atoms with Crippen molar-refractivity contribution in [2.75, 3.05) is 19.4 Å². The fourth-order valence-electron chi connectivity index (χ4n) is 1.29. The Labute approximate surface area is 108 Å². The lowest BCUT2D eigenvalue weighted by molar-refractivity contribution is -0.123. The molecule has 0 unspecified atom stereocenters. The van der Waals surface area contributed by atoms with Gasteiger partial charge < -0.3 is 10.2 Å². The van der Waals surface area contributed by atoms with E-state index in [1.54, 1.807) is 32.4 Å². The maximum Gasteiger partial charge on any atom is 0.246 e. The average Bonchev–Trinajstić information content (AvgIpc) is 2.28. The Morgan fingerprint density at radius 2 is 2.11 bits per heavy atom. The van der Waals surface area contributed by atoms with E-state index in [0.29, 0.717) is 5.95 Å². The Balaban J connectivity index is 2.92. The number of carbonyl (C=O) groups is 1. The van der Waals surface area contributed by atoms with Crippen LogP contribution in [-0.4, -0.2) is 40.9 Å². The predicted octanol–water partition coefficient (Wildman–Crippen LogP) is 1.79. The molecule has 1 aromatic rings. The van der Waals surface area contributed by atoms with Gasteiger partial charge in [0, 0.05) is 32.4 Å². The van der Waals surface area contributed by atoms with E-state index >= 15 is 0 Å². The smallest absolute Gasteiger partial charge is 0.246 e. The van der Waals surface area contributed by atoms with Crippen molar-refractivity contribution in [3.8, 4) is 0 Å². The molecule has 0 spiro atoms. The van der Waals surface area contributed by atoms with Crippen LogP contribution in [0.3, 0.4) is 0 Å². The molecule has 1 aromatic heterocycles. The van der Waals surface area contributed by atoms with E-state index in [4.69, 9.17) is 0 Å². The van der Waals surface area contributed by atoms with E-state index < -0.39 is 0 Å². The first-order valence-electron chi connectivity index (χ1n) is 5.89. The highest BCUT2D eigenvalue weighted by Gasteiger charge is 2.05.